The minimum Gasteiger partial charge on any atom is -0.356 e. The van der Waals surface area contributed by atoms with Gasteiger partial charge < -0.3 is 15.1 Å². The number of nitrogens with one attached hydrogen (secondary N) is 1. The molecule has 0 unspecified atom stereocenters. The number of rotatable bonds is 5. The van der Waals surface area contributed by atoms with Crippen LogP contribution in [0.3, 0.4) is 0 Å². The van der Waals surface area contributed by atoms with Gasteiger partial charge in [0.25, 0.3) is 0 Å². The Hall–Kier alpha value is -1.10. The molecule has 1 saturated carbocycles. The van der Waals surface area contributed by atoms with Gasteiger partial charge in [-0.1, -0.05) is 13.8 Å². The first-order valence-corrected chi connectivity index (χ1v) is 8.94. The van der Waals surface area contributed by atoms with Crippen LogP contribution in [0.25, 0.3) is 0 Å². The molecule has 0 bridgehead atoms. The zero-order valence-corrected chi connectivity index (χ0v) is 14.1. The molecule has 0 spiro atoms. The first kappa shape index (κ1) is 17.3. The zero-order valence-electron chi connectivity index (χ0n) is 14.1. The van der Waals surface area contributed by atoms with Gasteiger partial charge in [-0.15, -0.1) is 0 Å². The largest absolute Gasteiger partial charge is 0.356 e. The summed E-state index contributed by atoms with van der Waals surface area (Å²) < 4.78 is 0. The van der Waals surface area contributed by atoms with Gasteiger partial charge in [0, 0.05) is 44.6 Å². The Morgan fingerprint density at radius 1 is 0.955 bits per heavy atom. The molecule has 126 valence electrons. The van der Waals surface area contributed by atoms with Crippen molar-refractivity contribution in [3.8, 4) is 0 Å². The minimum absolute atomic E-state index is 0.118. The van der Waals surface area contributed by atoms with Crippen molar-refractivity contribution >= 4 is 11.8 Å². The summed E-state index contributed by atoms with van der Waals surface area (Å²) in [5, 5.41) is 2.98. The van der Waals surface area contributed by atoms with Gasteiger partial charge in [-0.25, -0.2) is 0 Å². The summed E-state index contributed by atoms with van der Waals surface area (Å²) in [5.74, 6) is 0.767. The molecule has 0 aromatic carbocycles. The highest BCUT2D eigenvalue weighted by molar-refractivity contribution is 5.81. The van der Waals surface area contributed by atoms with E-state index < -0.39 is 0 Å². The van der Waals surface area contributed by atoms with Gasteiger partial charge in [0.1, 0.15) is 0 Å². The van der Waals surface area contributed by atoms with Gasteiger partial charge >= 0.3 is 0 Å². The molecule has 1 heterocycles. The molecule has 0 radical (unpaired) electrons. The van der Waals surface area contributed by atoms with Crippen LogP contribution in [0.15, 0.2) is 0 Å². The highest BCUT2D eigenvalue weighted by Crippen LogP contribution is 2.30. The minimum atomic E-state index is 0.118. The smallest absolute Gasteiger partial charge is 0.225 e. The molecular weight excluding hydrogens is 278 g/mol. The van der Waals surface area contributed by atoms with Crippen LogP contribution in [0.1, 0.15) is 46.0 Å². The second kappa shape index (κ2) is 8.51. The number of piperazine rings is 1. The van der Waals surface area contributed by atoms with Crippen LogP contribution >= 0.6 is 0 Å². The molecular formula is C17H31N3O2. The molecule has 5 nitrogen and oxygen atoms in total. The molecule has 1 saturated heterocycles. The van der Waals surface area contributed by atoms with E-state index in [1.807, 2.05) is 4.90 Å². The molecule has 0 atom stereocenters. The molecule has 5 heteroatoms. The topological polar surface area (TPSA) is 52.7 Å². The molecule has 2 fully saturated rings. The summed E-state index contributed by atoms with van der Waals surface area (Å²) in [6.45, 7) is 9.79. The maximum absolute atomic E-state index is 12.6. The Labute approximate surface area is 134 Å². The van der Waals surface area contributed by atoms with E-state index in [4.69, 9.17) is 0 Å². The number of nitrogens with zero attached hydrogens (tertiary/aromatic N) is 2. The summed E-state index contributed by atoms with van der Waals surface area (Å²) in [7, 11) is 0. The summed E-state index contributed by atoms with van der Waals surface area (Å²) in [5.41, 5.74) is 0. The Morgan fingerprint density at radius 2 is 1.55 bits per heavy atom. The van der Waals surface area contributed by atoms with Crippen LogP contribution in [-0.2, 0) is 9.59 Å². The van der Waals surface area contributed by atoms with Gasteiger partial charge in [0.05, 0.1) is 0 Å². The van der Waals surface area contributed by atoms with Crippen LogP contribution in [0.5, 0.6) is 0 Å². The lowest BCUT2D eigenvalue weighted by Crippen LogP contribution is -2.50. The SMILES string of the molecule is CCCNC(=O)C1CCC(C(=O)N2CCN(CC)CC2)CC1. The third-order valence-corrected chi connectivity index (χ3v) is 5.13. The lowest BCUT2D eigenvalue weighted by molar-refractivity contribution is -0.140. The van der Waals surface area contributed by atoms with E-state index in [0.29, 0.717) is 5.91 Å². The number of hydrogen-bond acceptors (Lipinski definition) is 3. The van der Waals surface area contributed by atoms with Gasteiger partial charge in [0.15, 0.2) is 0 Å². The van der Waals surface area contributed by atoms with Crippen molar-refractivity contribution < 1.29 is 9.59 Å². The number of carbonyl (C=O) groups excluding carboxylic acids is 2. The second-order valence-electron chi connectivity index (χ2n) is 6.60. The van der Waals surface area contributed by atoms with Crippen LogP contribution in [0, 0.1) is 11.8 Å². The predicted molar refractivity (Wildman–Crippen MR) is 87.4 cm³/mol. The normalized spacial score (nSPS) is 26.7. The third-order valence-electron chi connectivity index (χ3n) is 5.13. The van der Waals surface area contributed by atoms with Crippen molar-refractivity contribution in [3.63, 3.8) is 0 Å². The fourth-order valence-corrected chi connectivity index (χ4v) is 3.54. The van der Waals surface area contributed by atoms with Gasteiger partial charge in [-0.05, 0) is 38.6 Å². The molecule has 1 N–H and O–H groups in total. The molecule has 1 aliphatic carbocycles. The number of hydrogen-bond donors (Lipinski definition) is 1. The zero-order chi connectivity index (χ0) is 15.9. The summed E-state index contributed by atoms with van der Waals surface area (Å²) in [6, 6.07) is 0. The highest BCUT2D eigenvalue weighted by atomic mass is 16.2. The maximum atomic E-state index is 12.6. The lowest BCUT2D eigenvalue weighted by Gasteiger charge is -2.37. The van der Waals surface area contributed by atoms with E-state index in [9.17, 15) is 9.59 Å². The number of amides is 2. The lowest BCUT2D eigenvalue weighted by atomic mass is 9.81. The molecule has 1 aliphatic heterocycles. The van der Waals surface area contributed by atoms with Gasteiger partial charge in [-0.2, -0.15) is 0 Å². The maximum Gasteiger partial charge on any atom is 0.225 e. The standard InChI is InChI=1S/C17H31N3O2/c1-3-9-18-16(21)14-5-7-15(8-6-14)17(22)20-12-10-19(4-2)11-13-20/h14-15H,3-13H2,1-2H3,(H,18,21). The average Bonchev–Trinajstić information content (AvgIpc) is 2.59. The van der Waals surface area contributed by atoms with Crippen molar-refractivity contribution in [2.45, 2.75) is 46.0 Å². The first-order chi connectivity index (χ1) is 10.7. The van der Waals surface area contributed by atoms with E-state index in [1.165, 1.54) is 0 Å². The number of likely N-dealkylation sites (N-methyl/N-ethyl adjacent to an activating group) is 1. The van der Waals surface area contributed by atoms with Gasteiger partial charge in [-0.3, -0.25) is 9.59 Å². The molecule has 2 rings (SSSR count). The fourth-order valence-electron chi connectivity index (χ4n) is 3.54. The van der Waals surface area contributed by atoms with Crippen LogP contribution in [0.2, 0.25) is 0 Å². The van der Waals surface area contributed by atoms with Crippen molar-refractivity contribution in [2.24, 2.45) is 11.8 Å². The van der Waals surface area contributed by atoms with Crippen molar-refractivity contribution in [2.75, 3.05) is 39.3 Å². The molecule has 22 heavy (non-hydrogen) atoms. The van der Waals surface area contributed by atoms with E-state index >= 15 is 0 Å². The molecule has 2 aliphatic rings. The molecule has 0 aromatic heterocycles. The average molecular weight is 309 g/mol. The Bertz CT molecular complexity index is 370. The van der Waals surface area contributed by atoms with Crippen molar-refractivity contribution in [1.82, 2.24) is 15.1 Å². The van der Waals surface area contributed by atoms with Crippen molar-refractivity contribution in [3.05, 3.63) is 0 Å². The second-order valence-corrected chi connectivity index (χ2v) is 6.60. The summed E-state index contributed by atoms with van der Waals surface area (Å²) in [6.07, 6.45) is 4.44. The Kier molecular flexibility index (Phi) is 6.68. The van der Waals surface area contributed by atoms with E-state index in [0.717, 1.165) is 71.4 Å². The highest BCUT2D eigenvalue weighted by Gasteiger charge is 2.32. The summed E-state index contributed by atoms with van der Waals surface area (Å²) in [4.78, 5) is 29.0. The van der Waals surface area contributed by atoms with E-state index in [-0.39, 0.29) is 17.7 Å². The third kappa shape index (κ3) is 4.45. The quantitative estimate of drug-likeness (QED) is 0.837. The Morgan fingerprint density at radius 3 is 2.09 bits per heavy atom. The fraction of sp³-hybridized carbons (Fsp3) is 0.882. The van der Waals surface area contributed by atoms with Crippen LogP contribution in [-0.4, -0.2) is 60.9 Å². The monoisotopic (exact) mass is 309 g/mol. The van der Waals surface area contributed by atoms with Crippen molar-refractivity contribution in [1.29, 1.82) is 0 Å². The van der Waals surface area contributed by atoms with Gasteiger partial charge in [0.2, 0.25) is 11.8 Å². The molecule has 2 amide bonds. The van der Waals surface area contributed by atoms with E-state index in [2.05, 4.69) is 24.1 Å². The Balaban J connectivity index is 1.74. The molecule has 0 aromatic rings. The predicted octanol–water partition coefficient (Wildman–Crippen LogP) is 1.48. The van der Waals surface area contributed by atoms with Crippen LogP contribution in [0.4, 0.5) is 0 Å². The number of carbonyl (C=O) groups is 2. The first-order valence-electron chi connectivity index (χ1n) is 8.94. The van der Waals surface area contributed by atoms with Crippen LogP contribution < -0.4 is 5.32 Å². The summed E-state index contributed by atoms with van der Waals surface area (Å²) >= 11 is 0. The van der Waals surface area contributed by atoms with E-state index in [1.54, 1.807) is 0 Å².